The Hall–Kier alpha value is -8.19. The van der Waals surface area contributed by atoms with Gasteiger partial charge in [0, 0.05) is 58.5 Å². The largest absolute Gasteiger partial charge is 0.455 e. The summed E-state index contributed by atoms with van der Waals surface area (Å²) in [5.41, 5.74) is 7.61. The summed E-state index contributed by atoms with van der Waals surface area (Å²) < 4.78 is 11.5. The SMILES string of the molecule is c1ccc(-c2nc(-c3cccc4c3oc3ccc5ccccc5c34)nc(-c3cc(-n4c5ccc6ccccc6c5c5c6ccccc6ccc54)cc4c3sc3ccccc34)n2)cc1. The fourth-order valence-corrected chi connectivity index (χ4v) is 11.2. The van der Waals surface area contributed by atoms with Crippen LogP contribution < -0.4 is 0 Å². The molecule has 14 aromatic rings. The average molecular weight is 821 g/mol. The van der Waals surface area contributed by atoms with Gasteiger partial charge in [0.2, 0.25) is 0 Å². The number of furan rings is 1. The fraction of sp³-hybridized carbons (Fsp3) is 0. The van der Waals surface area contributed by atoms with Gasteiger partial charge < -0.3 is 8.98 Å². The Morgan fingerprint density at radius 1 is 0.397 bits per heavy atom. The van der Waals surface area contributed by atoms with Gasteiger partial charge in [-0.15, -0.1) is 11.3 Å². The van der Waals surface area contributed by atoms with Crippen LogP contribution in [0.3, 0.4) is 0 Å². The Morgan fingerprint density at radius 3 is 1.65 bits per heavy atom. The minimum absolute atomic E-state index is 0.558. The van der Waals surface area contributed by atoms with Crippen molar-refractivity contribution in [2.75, 3.05) is 0 Å². The van der Waals surface area contributed by atoms with Crippen LogP contribution in [0.25, 0.3) is 136 Å². The van der Waals surface area contributed by atoms with Crippen molar-refractivity contribution in [2.45, 2.75) is 0 Å². The van der Waals surface area contributed by atoms with Gasteiger partial charge in [-0.05, 0) is 74.8 Å². The number of para-hydroxylation sites is 1. The molecule has 5 nitrogen and oxygen atoms in total. The van der Waals surface area contributed by atoms with Crippen LogP contribution in [0.15, 0.2) is 199 Å². The van der Waals surface area contributed by atoms with E-state index in [2.05, 4.69) is 180 Å². The molecule has 0 N–H and O–H groups in total. The van der Waals surface area contributed by atoms with Crippen LogP contribution >= 0.6 is 11.3 Å². The third kappa shape index (κ3) is 5.07. The van der Waals surface area contributed by atoms with Crippen LogP contribution in [-0.4, -0.2) is 19.5 Å². The lowest BCUT2D eigenvalue weighted by Crippen LogP contribution is -2.01. The van der Waals surface area contributed by atoms with Crippen molar-refractivity contribution in [3.8, 4) is 39.9 Å². The Kier molecular flexibility index (Phi) is 7.21. The van der Waals surface area contributed by atoms with E-state index in [0.717, 1.165) is 70.8 Å². The third-order valence-corrected chi connectivity index (χ3v) is 14.0. The average Bonchev–Trinajstić information content (AvgIpc) is 4.04. The van der Waals surface area contributed by atoms with E-state index in [1.54, 1.807) is 11.3 Å². The van der Waals surface area contributed by atoms with Crippen molar-refractivity contribution < 1.29 is 4.42 Å². The fourth-order valence-electron chi connectivity index (χ4n) is 10.0. The van der Waals surface area contributed by atoms with Gasteiger partial charge in [-0.2, -0.15) is 0 Å². The molecule has 0 saturated carbocycles. The standard InChI is InChI=1S/C57H32N4OS/c1-2-16-36(17-3-1)55-58-56(43-23-12-22-42-50-38-18-7-4-15-35(38)27-30-48(50)62-53(42)43)60-57(59-55)45-32-37(31-44-41-21-10-11-24-49(41)63-54(44)45)61-46-28-25-33-13-5-8-19-39(33)51(46)52-40-20-9-6-14-34(40)26-29-47(52)61/h1-32H. The molecule has 0 bridgehead atoms. The van der Waals surface area contributed by atoms with Gasteiger partial charge >= 0.3 is 0 Å². The lowest BCUT2D eigenvalue weighted by molar-refractivity contribution is 0.670. The highest BCUT2D eigenvalue weighted by atomic mass is 32.1. The van der Waals surface area contributed by atoms with Crippen LogP contribution in [0, 0.1) is 0 Å². The summed E-state index contributed by atoms with van der Waals surface area (Å²) in [7, 11) is 0. The van der Waals surface area contributed by atoms with Gasteiger partial charge in [-0.3, -0.25) is 0 Å². The molecule has 4 heterocycles. The van der Waals surface area contributed by atoms with Crippen LogP contribution in [0.1, 0.15) is 0 Å². The van der Waals surface area contributed by atoms with Gasteiger partial charge in [-0.25, -0.2) is 15.0 Å². The van der Waals surface area contributed by atoms with Gasteiger partial charge in [0.1, 0.15) is 11.2 Å². The lowest BCUT2D eigenvalue weighted by Gasteiger charge is -2.13. The molecule has 292 valence electrons. The van der Waals surface area contributed by atoms with Crippen LogP contribution in [0.2, 0.25) is 0 Å². The molecule has 0 amide bonds. The molecule has 63 heavy (non-hydrogen) atoms. The third-order valence-electron chi connectivity index (χ3n) is 12.8. The highest BCUT2D eigenvalue weighted by Crippen LogP contribution is 2.46. The molecule has 0 fully saturated rings. The minimum Gasteiger partial charge on any atom is -0.455 e. The summed E-state index contributed by atoms with van der Waals surface area (Å²) in [4.78, 5) is 16.0. The van der Waals surface area contributed by atoms with E-state index in [-0.39, 0.29) is 0 Å². The van der Waals surface area contributed by atoms with E-state index in [1.165, 1.54) is 47.8 Å². The van der Waals surface area contributed by atoms with E-state index in [0.29, 0.717) is 17.5 Å². The molecule has 4 aromatic heterocycles. The van der Waals surface area contributed by atoms with E-state index in [4.69, 9.17) is 19.4 Å². The van der Waals surface area contributed by atoms with Gasteiger partial charge in [0.05, 0.1) is 16.6 Å². The number of aromatic nitrogens is 4. The highest BCUT2D eigenvalue weighted by Gasteiger charge is 2.23. The second-order valence-electron chi connectivity index (χ2n) is 16.3. The summed E-state index contributed by atoms with van der Waals surface area (Å²) in [6.45, 7) is 0. The first-order valence-electron chi connectivity index (χ1n) is 21.2. The monoisotopic (exact) mass is 820 g/mol. The number of hydrogen-bond donors (Lipinski definition) is 0. The van der Waals surface area contributed by atoms with E-state index >= 15 is 0 Å². The second kappa shape index (κ2) is 13.2. The molecule has 0 aliphatic heterocycles. The first kappa shape index (κ1) is 34.5. The van der Waals surface area contributed by atoms with Crippen molar-refractivity contribution in [2.24, 2.45) is 0 Å². The maximum atomic E-state index is 6.76. The Morgan fingerprint density at radius 2 is 0.952 bits per heavy atom. The molecular weight excluding hydrogens is 789 g/mol. The zero-order chi connectivity index (χ0) is 41.2. The van der Waals surface area contributed by atoms with Crippen molar-refractivity contribution in [1.82, 2.24) is 19.5 Å². The molecule has 0 unspecified atom stereocenters. The van der Waals surface area contributed by atoms with Crippen LogP contribution in [0.4, 0.5) is 0 Å². The normalized spacial score (nSPS) is 12.1. The number of rotatable bonds is 4. The molecule has 14 rings (SSSR count). The van der Waals surface area contributed by atoms with E-state index < -0.39 is 0 Å². The number of benzene rings is 10. The van der Waals surface area contributed by atoms with Gasteiger partial charge in [0.25, 0.3) is 0 Å². The molecule has 10 aromatic carbocycles. The minimum atomic E-state index is 0.558. The Labute approximate surface area is 363 Å². The summed E-state index contributed by atoms with van der Waals surface area (Å²) in [5.74, 6) is 1.76. The number of fused-ring (bicyclic) bond motifs is 15. The first-order valence-corrected chi connectivity index (χ1v) is 22.0. The number of thiophene rings is 1. The summed E-state index contributed by atoms with van der Waals surface area (Å²) in [6.07, 6.45) is 0. The topological polar surface area (TPSA) is 56.7 Å². The van der Waals surface area contributed by atoms with Crippen molar-refractivity contribution in [1.29, 1.82) is 0 Å². The zero-order valence-corrected chi connectivity index (χ0v) is 34.4. The summed E-state index contributed by atoms with van der Waals surface area (Å²) >= 11 is 1.78. The predicted octanol–water partition coefficient (Wildman–Crippen LogP) is 15.7. The van der Waals surface area contributed by atoms with Crippen molar-refractivity contribution >= 4 is 108 Å². The zero-order valence-electron chi connectivity index (χ0n) is 33.6. The maximum absolute atomic E-state index is 6.76. The molecule has 0 radical (unpaired) electrons. The quantitative estimate of drug-likeness (QED) is 0.177. The molecule has 0 aliphatic rings. The smallest absolute Gasteiger partial charge is 0.167 e. The molecule has 6 heteroatoms. The van der Waals surface area contributed by atoms with Crippen LogP contribution in [0.5, 0.6) is 0 Å². The molecule has 0 spiro atoms. The predicted molar refractivity (Wildman–Crippen MR) is 263 cm³/mol. The summed E-state index contributed by atoms with van der Waals surface area (Å²) in [6, 6.07) is 69.1. The van der Waals surface area contributed by atoms with E-state index in [1.807, 2.05) is 18.2 Å². The van der Waals surface area contributed by atoms with Gasteiger partial charge in [0.15, 0.2) is 17.5 Å². The first-order chi connectivity index (χ1) is 31.2. The van der Waals surface area contributed by atoms with E-state index in [9.17, 15) is 0 Å². The molecular formula is C57H32N4OS. The molecule has 0 saturated heterocycles. The number of nitrogens with zero attached hydrogens (tertiary/aromatic N) is 4. The Bertz CT molecular complexity index is 4130. The van der Waals surface area contributed by atoms with Crippen molar-refractivity contribution in [3.05, 3.63) is 194 Å². The molecule has 0 atom stereocenters. The van der Waals surface area contributed by atoms with Crippen LogP contribution in [-0.2, 0) is 0 Å². The second-order valence-corrected chi connectivity index (χ2v) is 17.3. The van der Waals surface area contributed by atoms with Crippen molar-refractivity contribution in [3.63, 3.8) is 0 Å². The molecule has 0 aliphatic carbocycles. The van der Waals surface area contributed by atoms with Gasteiger partial charge in [-0.1, -0.05) is 152 Å². The summed E-state index contributed by atoms with van der Waals surface area (Å²) in [5, 5.41) is 14.2. The highest BCUT2D eigenvalue weighted by molar-refractivity contribution is 7.26. The number of hydrogen-bond acceptors (Lipinski definition) is 5. The Balaban J connectivity index is 1.09. The lowest BCUT2D eigenvalue weighted by atomic mass is 10.00. The maximum Gasteiger partial charge on any atom is 0.167 e.